The molecule has 0 unspecified atom stereocenters. The van der Waals surface area contributed by atoms with Crippen LogP contribution in [0.3, 0.4) is 0 Å². The van der Waals surface area contributed by atoms with Crippen molar-refractivity contribution in [3.63, 3.8) is 0 Å². The molecule has 0 aromatic heterocycles. The molecule has 0 bridgehead atoms. The van der Waals surface area contributed by atoms with E-state index >= 15 is 0 Å². The molecule has 0 amide bonds. The fourth-order valence-corrected chi connectivity index (χ4v) is 9.46. The summed E-state index contributed by atoms with van der Waals surface area (Å²) in [5, 5.41) is 2.38. The summed E-state index contributed by atoms with van der Waals surface area (Å²) >= 11 is 0. The van der Waals surface area contributed by atoms with Crippen LogP contribution < -0.4 is 0 Å². The fourth-order valence-electron chi connectivity index (χ4n) is 7.25. The van der Waals surface area contributed by atoms with Gasteiger partial charge in [-0.1, -0.05) is 158 Å². The average molecular weight is 746 g/mol. The topological polar surface area (TPSA) is 91.8 Å². The van der Waals surface area contributed by atoms with Gasteiger partial charge in [-0.25, -0.2) is 12.7 Å². The van der Waals surface area contributed by atoms with Crippen molar-refractivity contribution in [3.8, 4) is 55.6 Å². The zero-order chi connectivity index (χ0) is 37.6. The normalized spacial score (nSPS) is 12.1. The molecule has 0 saturated carbocycles. The van der Waals surface area contributed by atoms with Gasteiger partial charge in [-0.3, -0.25) is 4.55 Å². The summed E-state index contributed by atoms with van der Waals surface area (Å²) in [6.07, 6.45) is 0. The van der Waals surface area contributed by atoms with Gasteiger partial charge >= 0.3 is 0 Å². The smallest absolute Gasteiger partial charge is 0.282 e. The Kier molecular flexibility index (Phi) is 9.00. The van der Waals surface area contributed by atoms with Crippen LogP contribution in [0, 0.1) is 0 Å². The molecule has 54 heavy (non-hydrogen) atoms. The van der Waals surface area contributed by atoms with Crippen molar-refractivity contribution in [2.24, 2.45) is 0 Å². The Balaban J connectivity index is 1.50. The minimum Gasteiger partial charge on any atom is -0.282 e. The molecule has 0 heterocycles. The molecule has 6 nitrogen and oxygen atoms in total. The molecule has 0 saturated heterocycles. The van der Waals surface area contributed by atoms with Gasteiger partial charge in [0.15, 0.2) is 0 Å². The maximum atomic E-state index is 14.8. The monoisotopic (exact) mass is 745 g/mol. The van der Waals surface area contributed by atoms with Crippen LogP contribution in [0.4, 0.5) is 0 Å². The molecule has 8 rings (SSSR count). The molecule has 0 aliphatic carbocycles. The van der Waals surface area contributed by atoms with E-state index in [-0.39, 0.29) is 26.5 Å². The van der Waals surface area contributed by atoms with E-state index in [0.717, 1.165) is 26.6 Å². The molecule has 266 valence electrons. The Morgan fingerprint density at radius 3 is 1.15 bits per heavy atom. The highest BCUT2D eigenvalue weighted by molar-refractivity contribution is 7.89. The molecule has 8 heteroatoms. The predicted molar refractivity (Wildman–Crippen MR) is 219 cm³/mol. The number of benzene rings is 8. The van der Waals surface area contributed by atoms with Crippen LogP contribution >= 0.6 is 0 Å². The summed E-state index contributed by atoms with van der Waals surface area (Å²) in [7, 11) is -6.34. The van der Waals surface area contributed by atoms with Crippen molar-refractivity contribution in [1.29, 1.82) is 0 Å². The van der Waals surface area contributed by atoms with Crippen LogP contribution in [0.5, 0.6) is 0 Å². The minimum atomic E-state index is -4.99. The Hall–Kier alpha value is -5.90. The zero-order valence-electron chi connectivity index (χ0n) is 29.5. The molecule has 0 aliphatic heterocycles. The lowest BCUT2D eigenvalue weighted by molar-refractivity contribution is 0.484. The highest BCUT2D eigenvalue weighted by Gasteiger charge is 2.34. The lowest BCUT2D eigenvalue weighted by Crippen LogP contribution is -2.24. The first kappa shape index (κ1) is 35.1. The van der Waals surface area contributed by atoms with Gasteiger partial charge < -0.3 is 0 Å². The molecule has 1 N–H and O–H groups in total. The summed E-state index contributed by atoms with van der Waals surface area (Å²) in [6, 6.07) is 53.0. The van der Waals surface area contributed by atoms with Crippen LogP contribution in [0.2, 0.25) is 0 Å². The Labute approximate surface area is 315 Å². The van der Waals surface area contributed by atoms with Gasteiger partial charge in [0.25, 0.3) is 10.1 Å². The summed E-state index contributed by atoms with van der Waals surface area (Å²) < 4.78 is 69.8. The van der Waals surface area contributed by atoms with E-state index in [1.165, 1.54) is 14.1 Å². The van der Waals surface area contributed by atoms with Gasteiger partial charge in [0.05, 0.1) is 4.90 Å². The third-order valence-corrected chi connectivity index (χ3v) is 12.7. The van der Waals surface area contributed by atoms with Crippen LogP contribution in [-0.4, -0.2) is 39.8 Å². The second kappa shape index (κ2) is 13.8. The number of nitrogens with zero attached hydrogens (tertiary/aromatic N) is 1. The van der Waals surface area contributed by atoms with Crippen molar-refractivity contribution in [2.75, 3.05) is 14.1 Å². The lowest BCUT2D eigenvalue weighted by atomic mass is 9.87. The fraction of sp³-hybridized carbons (Fsp3) is 0.0435. The van der Waals surface area contributed by atoms with E-state index in [1.807, 2.05) is 140 Å². The van der Waals surface area contributed by atoms with Crippen molar-refractivity contribution in [2.45, 2.75) is 9.79 Å². The maximum Gasteiger partial charge on any atom is 0.295 e. The molecular weight excluding hydrogens is 711 g/mol. The van der Waals surface area contributed by atoms with Crippen LogP contribution in [0.25, 0.3) is 77.2 Å². The Morgan fingerprint density at radius 2 is 0.741 bits per heavy atom. The maximum absolute atomic E-state index is 14.8. The minimum absolute atomic E-state index is 0.0645. The van der Waals surface area contributed by atoms with Gasteiger partial charge in [0.2, 0.25) is 10.0 Å². The molecule has 0 aliphatic rings. The first-order valence-electron chi connectivity index (χ1n) is 17.4. The molecule has 8 aromatic carbocycles. The number of sulfonamides is 1. The third-order valence-electron chi connectivity index (χ3n) is 9.86. The van der Waals surface area contributed by atoms with E-state index in [9.17, 15) is 21.4 Å². The van der Waals surface area contributed by atoms with E-state index in [0.29, 0.717) is 38.2 Å². The molecule has 0 radical (unpaired) electrons. The van der Waals surface area contributed by atoms with Gasteiger partial charge in [0, 0.05) is 36.3 Å². The highest BCUT2D eigenvalue weighted by Crippen LogP contribution is 2.49. The van der Waals surface area contributed by atoms with Gasteiger partial charge in [0.1, 0.15) is 4.90 Å². The molecule has 0 atom stereocenters. The van der Waals surface area contributed by atoms with E-state index < -0.39 is 20.1 Å². The zero-order valence-corrected chi connectivity index (χ0v) is 31.1. The van der Waals surface area contributed by atoms with Crippen LogP contribution in [0.15, 0.2) is 180 Å². The van der Waals surface area contributed by atoms with E-state index in [2.05, 4.69) is 0 Å². The SMILES string of the molecule is CN(C)S(=O)(=O)c1c(-c2ccc(-c3ccccc3)cc2)cc2ccccc2c1-c1c(S(=O)(=O)O)c(-c2ccc(-c3ccccc3)cc2)cc2ccccc12. The van der Waals surface area contributed by atoms with Gasteiger partial charge in [-0.05, 0) is 67.1 Å². The van der Waals surface area contributed by atoms with Crippen LogP contribution in [-0.2, 0) is 20.1 Å². The Bertz CT molecular complexity index is 2910. The van der Waals surface area contributed by atoms with Crippen LogP contribution in [0.1, 0.15) is 0 Å². The molecule has 8 aromatic rings. The first-order chi connectivity index (χ1) is 26.0. The van der Waals surface area contributed by atoms with Crippen molar-refractivity contribution < 1.29 is 21.4 Å². The summed E-state index contributed by atoms with van der Waals surface area (Å²) in [5.41, 5.74) is 6.04. The van der Waals surface area contributed by atoms with Crippen molar-refractivity contribution in [1.82, 2.24) is 4.31 Å². The summed E-state index contributed by atoms with van der Waals surface area (Å²) in [4.78, 5) is -0.434. The summed E-state index contributed by atoms with van der Waals surface area (Å²) in [6.45, 7) is 0. The molecular formula is C46H35NO5S2. The number of hydrogen-bond acceptors (Lipinski definition) is 4. The lowest BCUT2D eigenvalue weighted by Gasteiger charge is -2.24. The van der Waals surface area contributed by atoms with Gasteiger partial charge in [-0.15, -0.1) is 0 Å². The van der Waals surface area contributed by atoms with Crippen molar-refractivity contribution >= 4 is 41.7 Å². The number of hydrogen-bond donors (Lipinski definition) is 1. The van der Waals surface area contributed by atoms with E-state index in [4.69, 9.17) is 0 Å². The average Bonchev–Trinajstić information content (AvgIpc) is 3.20. The first-order valence-corrected chi connectivity index (χ1v) is 20.2. The predicted octanol–water partition coefficient (Wildman–Crippen LogP) is 10.8. The third kappa shape index (κ3) is 6.29. The van der Waals surface area contributed by atoms with Crippen molar-refractivity contribution in [3.05, 3.63) is 170 Å². The second-order valence-corrected chi connectivity index (χ2v) is 16.8. The highest BCUT2D eigenvalue weighted by atomic mass is 32.2. The molecule has 0 spiro atoms. The molecule has 0 fully saturated rings. The number of rotatable bonds is 8. The summed E-state index contributed by atoms with van der Waals surface area (Å²) in [5.74, 6) is 0. The number of fused-ring (bicyclic) bond motifs is 2. The largest absolute Gasteiger partial charge is 0.295 e. The van der Waals surface area contributed by atoms with Gasteiger partial charge in [-0.2, -0.15) is 8.42 Å². The Morgan fingerprint density at radius 1 is 0.407 bits per heavy atom. The van der Waals surface area contributed by atoms with E-state index in [1.54, 1.807) is 30.3 Å². The quantitative estimate of drug-likeness (QED) is 0.156. The second-order valence-electron chi connectivity index (χ2n) is 13.3. The standard InChI is InChI=1S/C46H35NO5S2/c1-47(2)53(48,49)45-41(35-25-21-33(22-26-35)31-13-5-3-6-14-31)29-37-17-9-11-19-39(37)43(45)44-40-20-12-10-18-38(40)30-42(46(44)54(50,51)52)36-27-23-34(24-28-36)32-15-7-4-8-16-32/h3-30H,1-2H3,(H,50,51,52).